The molecule has 3 N–H and O–H groups in total. The second-order valence-electron chi connectivity index (χ2n) is 4.96. The van der Waals surface area contributed by atoms with Crippen molar-refractivity contribution in [2.24, 2.45) is 12.8 Å². The van der Waals surface area contributed by atoms with Gasteiger partial charge in [0, 0.05) is 18.3 Å². The minimum atomic E-state index is -0.785. The van der Waals surface area contributed by atoms with E-state index in [9.17, 15) is 9.59 Å². The predicted molar refractivity (Wildman–Crippen MR) is 83.5 cm³/mol. The van der Waals surface area contributed by atoms with Crippen LogP contribution >= 0.6 is 11.8 Å². The summed E-state index contributed by atoms with van der Waals surface area (Å²) in [6, 6.07) is 7.83. The van der Waals surface area contributed by atoms with E-state index in [4.69, 9.17) is 5.73 Å². The van der Waals surface area contributed by atoms with Gasteiger partial charge in [0.1, 0.15) is 0 Å². The fourth-order valence-electron chi connectivity index (χ4n) is 1.87. The van der Waals surface area contributed by atoms with E-state index in [1.54, 1.807) is 7.05 Å². The highest BCUT2D eigenvalue weighted by molar-refractivity contribution is 7.99. The lowest BCUT2D eigenvalue weighted by Gasteiger charge is -2.20. The summed E-state index contributed by atoms with van der Waals surface area (Å²) >= 11 is 1.36. The second kappa shape index (κ2) is 6.28. The molecule has 0 aliphatic carbocycles. The summed E-state index contributed by atoms with van der Waals surface area (Å²) in [7, 11) is 1.64. The Morgan fingerprint density at radius 2 is 1.90 bits per heavy atom. The third-order valence-corrected chi connectivity index (χ3v) is 4.45. The number of nitrogens with two attached hydrogens (primary N) is 1. The van der Waals surface area contributed by atoms with Gasteiger partial charge in [0.2, 0.25) is 0 Å². The predicted octanol–water partition coefficient (Wildman–Crippen LogP) is 0.958. The van der Waals surface area contributed by atoms with Crippen LogP contribution in [0.3, 0.4) is 0 Å². The molecule has 2 rings (SSSR count). The molecule has 1 aromatic carbocycles. The van der Waals surface area contributed by atoms with Crippen molar-refractivity contribution in [2.45, 2.75) is 30.3 Å². The van der Waals surface area contributed by atoms with Gasteiger partial charge >= 0.3 is 11.1 Å². The molecule has 7 heteroatoms. The van der Waals surface area contributed by atoms with E-state index >= 15 is 0 Å². The van der Waals surface area contributed by atoms with Crippen LogP contribution in [0.15, 0.2) is 39.0 Å². The Morgan fingerprint density at radius 1 is 1.29 bits per heavy atom. The van der Waals surface area contributed by atoms with Gasteiger partial charge in [-0.2, -0.15) is 4.98 Å². The largest absolute Gasteiger partial charge is 0.339 e. The van der Waals surface area contributed by atoms with Crippen molar-refractivity contribution in [3.8, 4) is 0 Å². The quantitative estimate of drug-likeness (QED) is 0.648. The highest BCUT2D eigenvalue weighted by Gasteiger charge is 2.18. The number of nitrogens with one attached hydrogen (secondary N) is 1. The van der Waals surface area contributed by atoms with Crippen molar-refractivity contribution in [3.63, 3.8) is 0 Å². The van der Waals surface area contributed by atoms with Gasteiger partial charge in [-0.05, 0) is 12.5 Å². The first-order valence-corrected chi connectivity index (χ1v) is 7.42. The Hall–Kier alpha value is -1.86. The molecule has 0 spiro atoms. The highest BCUT2D eigenvalue weighted by atomic mass is 32.2. The summed E-state index contributed by atoms with van der Waals surface area (Å²) in [5, 5.41) is 2.86. The van der Waals surface area contributed by atoms with Crippen molar-refractivity contribution < 1.29 is 0 Å². The van der Waals surface area contributed by atoms with E-state index in [1.807, 2.05) is 38.1 Å². The van der Waals surface area contributed by atoms with Crippen LogP contribution in [0.5, 0.6) is 0 Å². The topological polar surface area (TPSA) is 93.8 Å². The third kappa shape index (κ3) is 3.62. The molecule has 0 aliphatic heterocycles. The minimum Gasteiger partial charge on any atom is -0.323 e. The number of H-pyrrole nitrogens is 1. The molecule has 1 heterocycles. The van der Waals surface area contributed by atoms with Gasteiger partial charge in [0.15, 0.2) is 5.16 Å². The van der Waals surface area contributed by atoms with Gasteiger partial charge in [0.25, 0.3) is 0 Å². The summed E-state index contributed by atoms with van der Waals surface area (Å²) in [6.07, 6.45) is 0. The summed E-state index contributed by atoms with van der Waals surface area (Å²) in [5.41, 5.74) is 6.94. The maximum atomic E-state index is 11.3. The lowest BCUT2D eigenvalue weighted by Crippen LogP contribution is -2.34. The number of nitrogens with zero attached hydrogens (tertiary/aromatic N) is 2. The molecule has 21 heavy (non-hydrogen) atoms. The molecule has 2 unspecified atom stereocenters. The van der Waals surface area contributed by atoms with Gasteiger partial charge in [-0.25, -0.2) is 0 Å². The van der Waals surface area contributed by atoms with Crippen LogP contribution in [-0.4, -0.2) is 20.0 Å². The number of thioether (sulfide) groups is 1. The van der Waals surface area contributed by atoms with Gasteiger partial charge < -0.3 is 5.73 Å². The Bertz CT molecular complexity index is 736. The van der Waals surface area contributed by atoms with E-state index in [0.29, 0.717) is 5.16 Å². The summed E-state index contributed by atoms with van der Waals surface area (Å²) < 4.78 is 1.44. The molecule has 6 nitrogen and oxygen atoms in total. The molecule has 2 atom stereocenters. The van der Waals surface area contributed by atoms with Crippen molar-refractivity contribution in [2.75, 3.05) is 0 Å². The van der Waals surface area contributed by atoms with Gasteiger partial charge in [-0.1, -0.05) is 48.5 Å². The molecule has 0 amide bonds. The smallest absolute Gasteiger partial charge is 0.323 e. The van der Waals surface area contributed by atoms with Crippen LogP contribution in [0.2, 0.25) is 0 Å². The van der Waals surface area contributed by atoms with Crippen LogP contribution in [0.1, 0.15) is 24.1 Å². The molecule has 0 fully saturated rings. The van der Waals surface area contributed by atoms with Crippen LogP contribution < -0.4 is 16.9 Å². The van der Waals surface area contributed by atoms with Gasteiger partial charge in [0.05, 0.1) is 0 Å². The maximum absolute atomic E-state index is 11.3. The summed E-state index contributed by atoms with van der Waals surface area (Å²) in [6.45, 7) is 3.99. The molecule has 112 valence electrons. The highest BCUT2D eigenvalue weighted by Crippen LogP contribution is 2.28. The molecule has 0 bridgehead atoms. The molecule has 0 aliphatic rings. The Balaban J connectivity index is 2.19. The molecule has 0 saturated heterocycles. The molecule has 0 radical (unpaired) electrons. The minimum absolute atomic E-state index is 0.00305. The lowest BCUT2D eigenvalue weighted by molar-refractivity contribution is 0.592. The Labute approximate surface area is 126 Å². The number of benzene rings is 1. The van der Waals surface area contributed by atoms with E-state index in [0.717, 1.165) is 5.56 Å². The third-order valence-electron chi connectivity index (χ3n) is 3.21. The zero-order valence-corrected chi connectivity index (χ0v) is 13.0. The standard InChI is InChI=1S/C14H18N4O2S/c1-8-4-6-10(7-5-8)11(15)9(2)21-14-16-12(19)13(20)17-18(14)3/h4-7,9,11H,15H2,1-3H3,(H,17,20). The van der Waals surface area contributed by atoms with Crippen molar-refractivity contribution in [3.05, 3.63) is 56.1 Å². The number of aryl methyl sites for hydroxylation is 2. The van der Waals surface area contributed by atoms with Gasteiger partial charge in [-0.3, -0.25) is 19.4 Å². The van der Waals surface area contributed by atoms with Crippen LogP contribution in [-0.2, 0) is 7.05 Å². The number of rotatable bonds is 4. The zero-order chi connectivity index (χ0) is 15.6. The monoisotopic (exact) mass is 306 g/mol. The fraction of sp³-hybridized carbons (Fsp3) is 0.357. The molecule has 0 saturated carbocycles. The normalized spacial score (nSPS) is 13.9. The Morgan fingerprint density at radius 3 is 2.52 bits per heavy atom. The average molecular weight is 306 g/mol. The average Bonchev–Trinajstić information content (AvgIpc) is 2.44. The van der Waals surface area contributed by atoms with Gasteiger partial charge in [-0.15, -0.1) is 0 Å². The summed E-state index contributed by atoms with van der Waals surface area (Å²) in [4.78, 5) is 26.3. The van der Waals surface area contributed by atoms with Crippen LogP contribution in [0, 0.1) is 6.92 Å². The number of aromatic amines is 1. The fourth-order valence-corrected chi connectivity index (χ4v) is 2.84. The van der Waals surface area contributed by atoms with E-state index < -0.39 is 11.1 Å². The summed E-state index contributed by atoms with van der Waals surface area (Å²) in [5.74, 6) is 0. The molecule has 2 aromatic rings. The lowest BCUT2D eigenvalue weighted by atomic mass is 10.0. The first-order valence-electron chi connectivity index (χ1n) is 6.54. The molecular formula is C14H18N4O2S. The van der Waals surface area contributed by atoms with E-state index in [-0.39, 0.29) is 11.3 Å². The number of hydrogen-bond donors (Lipinski definition) is 2. The van der Waals surface area contributed by atoms with E-state index in [1.165, 1.54) is 22.0 Å². The maximum Gasteiger partial charge on any atom is 0.339 e. The van der Waals surface area contributed by atoms with Crippen molar-refractivity contribution >= 4 is 11.8 Å². The van der Waals surface area contributed by atoms with Crippen molar-refractivity contribution in [1.82, 2.24) is 14.8 Å². The first-order chi connectivity index (χ1) is 9.88. The Kier molecular flexibility index (Phi) is 4.64. The zero-order valence-electron chi connectivity index (χ0n) is 12.2. The second-order valence-corrected chi connectivity index (χ2v) is 6.30. The number of hydrogen-bond acceptors (Lipinski definition) is 5. The first kappa shape index (κ1) is 15.5. The number of aromatic nitrogens is 3. The molecule has 1 aromatic heterocycles. The van der Waals surface area contributed by atoms with Crippen molar-refractivity contribution in [1.29, 1.82) is 0 Å². The molecular weight excluding hydrogens is 288 g/mol. The van der Waals surface area contributed by atoms with E-state index in [2.05, 4.69) is 10.1 Å². The SMILES string of the molecule is Cc1ccc(C(N)C(C)Sc2nc(=O)c(=O)[nH]n2C)cc1. The van der Waals surface area contributed by atoms with Crippen LogP contribution in [0.25, 0.3) is 0 Å². The van der Waals surface area contributed by atoms with Crippen LogP contribution in [0.4, 0.5) is 0 Å².